The Morgan fingerprint density at radius 1 is 0.824 bits per heavy atom. The van der Waals surface area contributed by atoms with Crippen LogP contribution in [0.1, 0.15) is 17.5 Å². The highest BCUT2D eigenvalue weighted by Gasteiger charge is 2.02. The molecule has 0 atom stereocenters. The second kappa shape index (κ2) is 6.02. The second-order valence-electron chi connectivity index (χ2n) is 3.93. The Labute approximate surface area is 103 Å². The van der Waals surface area contributed by atoms with Crippen LogP contribution in [0.5, 0.6) is 0 Å². The van der Waals surface area contributed by atoms with Crippen molar-refractivity contribution in [1.82, 2.24) is 0 Å². The number of nitrogens with two attached hydrogens (primary N) is 1. The molecule has 0 radical (unpaired) electrons. The van der Waals surface area contributed by atoms with Crippen molar-refractivity contribution in [3.63, 3.8) is 0 Å². The number of hydrogen-bond donors (Lipinski definition) is 1. The van der Waals surface area contributed by atoms with E-state index >= 15 is 0 Å². The van der Waals surface area contributed by atoms with Crippen LogP contribution in [0.4, 0.5) is 0 Å². The van der Waals surface area contributed by atoms with E-state index in [-0.39, 0.29) is 0 Å². The van der Waals surface area contributed by atoms with Crippen LogP contribution in [-0.4, -0.2) is 6.54 Å². The summed E-state index contributed by atoms with van der Waals surface area (Å²) >= 11 is 0. The molecule has 2 rings (SSSR count). The standard InChI is InChI=1S/C16H17N/c17-13-7-12-16(14-8-3-1-4-9-14)15-10-5-2-6-11-15/h1-6,8-12H,7,13,17H2. The maximum absolute atomic E-state index is 5.59. The summed E-state index contributed by atoms with van der Waals surface area (Å²) in [7, 11) is 0. The molecular weight excluding hydrogens is 206 g/mol. The van der Waals surface area contributed by atoms with E-state index in [0.29, 0.717) is 6.54 Å². The Bertz CT molecular complexity index is 430. The largest absolute Gasteiger partial charge is 0.330 e. The lowest BCUT2D eigenvalue weighted by Gasteiger charge is -2.08. The molecule has 0 aliphatic rings. The van der Waals surface area contributed by atoms with Gasteiger partial charge in [-0.3, -0.25) is 0 Å². The van der Waals surface area contributed by atoms with Crippen LogP contribution in [0.25, 0.3) is 5.57 Å². The van der Waals surface area contributed by atoms with E-state index in [0.717, 1.165) is 6.42 Å². The molecule has 1 nitrogen and oxygen atoms in total. The van der Waals surface area contributed by atoms with Crippen molar-refractivity contribution in [2.75, 3.05) is 6.54 Å². The number of benzene rings is 2. The molecule has 2 aromatic carbocycles. The molecular formula is C16H17N. The molecule has 0 heterocycles. The third-order valence-electron chi connectivity index (χ3n) is 2.68. The third kappa shape index (κ3) is 3.05. The van der Waals surface area contributed by atoms with Crippen molar-refractivity contribution in [3.8, 4) is 0 Å². The van der Waals surface area contributed by atoms with E-state index in [9.17, 15) is 0 Å². The molecule has 86 valence electrons. The first-order valence-electron chi connectivity index (χ1n) is 5.93. The van der Waals surface area contributed by atoms with Crippen LogP contribution in [0, 0.1) is 0 Å². The molecule has 2 aromatic rings. The van der Waals surface area contributed by atoms with E-state index in [1.54, 1.807) is 0 Å². The van der Waals surface area contributed by atoms with Crippen LogP contribution in [0.2, 0.25) is 0 Å². The molecule has 0 saturated carbocycles. The molecule has 0 aromatic heterocycles. The maximum Gasteiger partial charge on any atom is -0.00423 e. The van der Waals surface area contributed by atoms with Gasteiger partial charge in [-0.05, 0) is 29.7 Å². The van der Waals surface area contributed by atoms with Crippen molar-refractivity contribution in [3.05, 3.63) is 77.9 Å². The number of hydrogen-bond acceptors (Lipinski definition) is 1. The smallest absolute Gasteiger partial charge is 0.00423 e. The van der Waals surface area contributed by atoms with Gasteiger partial charge in [0.15, 0.2) is 0 Å². The van der Waals surface area contributed by atoms with E-state index in [4.69, 9.17) is 5.73 Å². The minimum Gasteiger partial charge on any atom is -0.330 e. The zero-order valence-corrected chi connectivity index (χ0v) is 9.84. The minimum atomic E-state index is 0.684. The number of rotatable bonds is 4. The molecule has 0 amide bonds. The molecule has 0 spiro atoms. The van der Waals surface area contributed by atoms with Gasteiger partial charge in [0.2, 0.25) is 0 Å². The topological polar surface area (TPSA) is 26.0 Å². The zero-order chi connectivity index (χ0) is 11.9. The zero-order valence-electron chi connectivity index (χ0n) is 9.84. The average Bonchev–Trinajstić information content (AvgIpc) is 2.42. The predicted molar refractivity (Wildman–Crippen MR) is 73.6 cm³/mol. The normalized spacial score (nSPS) is 9.94. The lowest BCUT2D eigenvalue weighted by Crippen LogP contribution is -1.97. The Morgan fingerprint density at radius 3 is 1.71 bits per heavy atom. The highest BCUT2D eigenvalue weighted by atomic mass is 14.5. The van der Waals surface area contributed by atoms with Gasteiger partial charge in [-0.15, -0.1) is 0 Å². The van der Waals surface area contributed by atoms with Gasteiger partial charge in [-0.1, -0.05) is 66.7 Å². The first-order chi connectivity index (χ1) is 8.42. The van der Waals surface area contributed by atoms with Crippen LogP contribution in [0.15, 0.2) is 66.7 Å². The first kappa shape index (κ1) is 11.6. The lowest BCUT2D eigenvalue weighted by atomic mass is 9.97. The fourth-order valence-electron chi connectivity index (χ4n) is 1.87. The summed E-state index contributed by atoms with van der Waals surface area (Å²) in [6, 6.07) is 20.9. The molecule has 0 saturated heterocycles. The quantitative estimate of drug-likeness (QED) is 0.844. The highest BCUT2D eigenvalue weighted by molar-refractivity contribution is 5.79. The average molecular weight is 223 g/mol. The van der Waals surface area contributed by atoms with E-state index < -0.39 is 0 Å². The Morgan fingerprint density at radius 2 is 1.29 bits per heavy atom. The predicted octanol–water partition coefficient (Wildman–Crippen LogP) is 3.47. The molecule has 0 unspecified atom stereocenters. The van der Waals surface area contributed by atoms with Gasteiger partial charge in [0.1, 0.15) is 0 Å². The van der Waals surface area contributed by atoms with Crippen LogP contribution < -0.4 is 5.73 Å². The van der Waals surface area contributed by atoms with E-state index in [1.807, 2.05) is 12.1 Å². The Kier molecular flexibility index (Phi) is 4.11. The van der Waals surface area contributed by atoms with Crippen molar-refractivity contribution < 1.29 is 0 Å². The van der Waals surface area contributed by atoms with E-state index in [2.05, 4.69) is 54.6 Å². The minimum absolute atomic E-state index is 0.684. The molecule has 2 N–H and O–H groups in total. The summed E-state index contributed by atoms with van der Waals surface area (Å²) in [6.45, 7) is 0.684. The molecule has 0 fully saturated rings. The summed E-state index contributed by atoms with van der Waals surface area (Å²) in [6.07, 6.45) is 3.11. The summed E-state index contributed by atoms with van der Waals surface area (Å²) in [5.41, 5.74) is 9.33. The van der Waals surface area contributed by atoms with Gasteiger partial charge in [0.05, 0.1) is 0 Å². The Balaban J connectivity index is 2.40. The molecule has 0 aliphatic carbocycles. The first-order valence-corrected chi connectivity index (χ1v) is 5.93. The van der Waals surface area contributed by atoms with Gasteiger partial charge in [-0.2, -0.15) is 0 Å². The Hall–Kier alpha value is -1.86. The van der Waals surface area contributed by atoms with Gasteiger partial charge < -0.3 is 5.73 Å². The fourth-order valence-corrected chi connectivity index (χ4v) is 1.87. The monoisotopic (exact) mass is 223 g/mol. The second-order valence-corrected chi connectivity index (χ2v) is 3.93. The maximum atomic E-state index is 5.59. The van der Waals surface area contributed by atoms with Gasteiger partial charge in [-0.25, -0.2) is 0 Å². The van der Waals surface area contributed by atoms with Crippen molar-refractivity contribution in [2.24, 2.45) is 5.73 Å². The van der Waals surface area contributed by atoms with Gasteiger partial charge >= 0.3 is 0 Å². The van der Waals surface area contributed by atoms with Crippen molar-refractivity contribution in [2.45, 2.75) is 6.42 Å². The van der Waals surface area contributed by atoms with Crippen LogP contribution in [-0.2, 0) is 0 Å². The van der Waals surface area contributed by atoms with Gasteiger partial charge in [0, 0.05) is 0 Å². The van der Waals surface area contributed by atoms with Crippen molar-refractivity contribution >= 4 is 5.57 Å². The molecule has 0 aliphatic heterocycles. The molecule has 17 heavy (non-hydrogen) atoms. The summed E-state index contributed by atoms with van der Waals surface area (Å²) in [4.78, 5) is 0. The summed E-state index contributed by atoms with van der Waals surface area (Å²) < 4.78 is 0. The molecule has 0 bridgehead atoms. The third-order valence-corrected chi connectivity index (χ3v) is 2.68. The SMILES string of the molecule is NCCC=C(c1ccccc1)c1ccccc1. The lowest BCUT2D eigenvalue weighted by molar-refractivity contribution is 1.01. The summed E-state index contributed by atoms with van der Waals surface area (Å²) in [5, 5.41) is 0. The fraction of sp³-hybridized carbons (Fsp3) is 0.125. The van der Waals surface area contributed by atoms with E-state index in [1.165, 1.54) is 16.7 Å². The summed E-state index contributed by atoms with van der Waals surface area (Å²) in [5.74, 6) is 0. The van der Waals surface area contributed by atoms with Crippen LogP contribution in [0.3, 0.4) is 0 Å². The van der Waals surface area contributed by atoms with Crippen molar-refractivity contribution in [1.29, 1.82) is 0 Å². The van der Waals surface area contributed by atoms with Crippen LogP contribution >= 0.6 is 0 Å². The highest BCUT2D eigenvalue weighted by Crippen LogP contribution is 2.23. The van der Waals surface area contributed by atoms with Gasteiger partial charge in [0.25, 0.3) is 0 Å². The molecule has 1 heteroatoms.